The Morgan fingerprint density at radius 3 is 2.11 bits per heavy atom. The van der Waals surface area contributed by atoms with E-state index in [1.807, 2.05) is 0 Å². The molecule has 2 aliphatic carbocycles. The Morgan fingerprint density at radius 1 is 0.842 bits per heavy atom. The van der Waals surface area contributed by atoms with Crippen LogP contribution in [0.15, 0.2) is 12.2 Å². The Bertz CT molecular complexity index is 264. The van der Waals surface area contributed by atoms with Gasteiger partial charge in [-0.1, -0.05) is 50.7 Å². The first-order valence-electron chi connectivity index (χ1n) is 8.31. The lowest BCUT2D eigenvalue weighted by molar-refractivity contribution is 0.0342. The highest BCUT2D eigenvalue weighted by Crippen LogP contribution is 2.40. The Balaban J connectivity index is 1.34. The molecule has 0 heterocycles. The zero-order valence-corrected chi connectivity index (χ0v) is 13.1. The van der Waals surface area contributed by atoms with Gasteiger partial charge in [0.2, 0.25) is 0 Å². The summed E-state index contributed by atoms with van der Waals surface area (Å²) < 4.78 is 6.04. The van der Waals surface area contributed by atoms with E-state index >= 15 is 0 Å². The second kappa shape index (κ2) is 9.07. The summed E-state index contributed by atoms with van der Waals surface area (Å²) in [5.41, 5.74) is 0. The number of ether oxygens (including phenoxy) is 1. The normalized spacial score (nSPS) is 28.4. The van der Waals surface area contributed by atoms with Crippen molar-refractivity contribution in [1.29, 1.82) is 0 Å². The first-order chi connectivity index (χ1) is 9.40. The van der Waals surface area contributed by atoms with Crippen molar-refractivity contribution >= 4 is 12.6 Å². The van der Waals surface area contributed by atoms with E-state index in [1.54, 1.807) is 0 Å². The maximum atomic E-state index is 6.04. The molecule has 0 aromatic rings. The van der Waals surface area contributed by atoms with Gasteiger partial charge in [-0.05, 0) is 37.4 Å². The summed E-state index contributed by atoms with van der Waals surface area (Å²) in [6, 6.07) is 0. The fourth-order valence-corrected chi connectivity index (χ4v) is 3.65. The molecule has 0 aliphatic heterocycles. The van der Waals surface area contributed by atoms with Crippen LogP contribution in [0.3, 0.4) is 0 Å². The van der Waals surface area contributed by atoms with Crippen molar-refractivity contribution in [3.63, 3.8) is 0 Å². The lowest BCUT2D eigenvalue weighted by Gasteiger charge is -2.18. The van der Waals surface area contributed by atoms with Gasteiger partial charge in [0.05, 0.1) is 6.10 Å². The molecule has 0 N–H and O–H groups in total. The van der Waals surface area contributed by atoms with Crippen molar-refractivity contribution in [2.24, 2.45) is 11.8 Å². The first kappa shape index (κ1) is 15.4. The first-order valence-corrected chi connectivity index (χ1v) is 8.94. The smallest absolute Gasteiger partial charge is 0.0643 e. The van der Waals surface area contributed by atoms with E-state index in [1.165, 1.54) is 64.2 Å². The standard InChI is InChI=1S/C17H30OS/c19-12-8-6-4-2-1-3-5-7-11-18-17-14-15-9-10-16(17)13-15/h9-10,15-17,19H,1-8,11-14H2/t15?,16?,17-/m1/s1. The fourth-order valence-electron chi connectivity index (χ4n) is 3.43. The predicted molar refractivity (Wildman–Crippen MR) is 85.9 cm³/mol. The molecular formula is C17H30OS. The maximum absolute atomic E-state index is 6.04. The molecular weight excluding hydrogens is 252 g/mol. The number of unbranched alkanes of at least 4 members (excludes halogenated alkanes) is 7. The van der Waals surface area contributed by atoms with Crippen LogP contribution >= 0.6 is 12.6 Å². The molecule has 0 aromatic carbocycles. The third-order valence-corrected chi connectivity index (χ3v) is 4.92. The van der Waals surface area contributed by atoms with Crippen molar-refractivity contribution in [3.8, 4) is 0 Å². The van der Waals surface area contributed by atoms with Gasteiger partial charge in [-0.25, -0.2) is 0 Å². The van der Waals surface area contributed by atoms with Gasteiger partial charge >= 0.3 is 0 Å². The number of hydrogen-bond donors (Lipinski definition) is 1. The minimum absolute atomic E-state index is 0.552. The largest absolute Gasteiger partial charge is 0.378 e. The van der Waals surface area contributed by atoms with E-state index in [0.29, 0.717) is 6.10 Å². The summed E-state index contributed by atoms with van der Waals surface area (Å²) in [6.07, 6.45) is 18.8. The summed E-state index contributed by atoms with van der Waals surface area (Å²) in [4.78, 5) is 0. The van der Waals surface area contributed by atoms with Gasteiger partial charge in [0.1, 0.15) is 0 Å². The Labute approximate surface area is 124 Å². The highest BCUT2D eigenvalue weighted by atomic mass is 32.1. The van der Waals surface area contributed by atoms with E-state index in [2.05, 4.69) is 24.8 Å². The van der Waals surface area contributed by atoms with Crippen molar-refractivity contribution in [1.82, 2.24) is 0 Å². The van der Waals surface area contributed by atoms with Gasteiger partial charge in [-0.15, -0.1) is 0 Å². The molecule has 0 saturated heterocycles. The highest BCUT2D eigenvalue weighted by molar-refractivity contribution is 7.80. The molecule has 1 saturated carbocycles. The maximum Gasteiger partial charge on any atom is 0.0643 e. The third-order valence-electron chi connectivity index (χ3n) is 4.60. The highest BCUT2D eigenvalue weighted by Gasteiger charge is 2.35. The van der Waals surface area contributed by atoms with Gasteiger partial charge in [0, 0.05) is 12.5 Å². The molecule has 0 spiro atoms. The number of allylic oxidation sites excluding steroid dienone is 1. The van der Waals surface area contributed by atoms with Crippen LogP contribution < -0.4 is 0 Å². The second-order valence-corrected chi connectivity index (χ2v) is 6.69. The molecule has 0 amide bonds. The van der Waals surface area contributed by atoms with Gasteiger partial charge in [-0.2, -0.15) is 12.6 Å². The van der Waals surface area contributed by atoms with Crippen LogP contribution in [-0.2, 0) is 4.74 Å². The van der Waals surface area contributed by atoms with Crippen LogP contribution in [0.2, 0.25) is 0 Å². The van der Waals surface area contributed by atoms with Crippen LogP contribution in [0.25, 0.3) is 0 Å². The number of fused-ring (bicyclic) bond motifs is 2. The predicted octanol–water partition coefficient (Wildman–Crippen LogP) is 5.02. The summed E-state index contributed by atoms with van der Waals surface area (Å²) in [6.45, 7) is 0.987. The molecule has 1 fully saturated rings. The van der Waals surface area contributed by atoms with Gasteiger partial charge in [-0.3, -0.25) is 0 Å². The number of thiol groups is 1. The van der Waals surface area contributed by atoms with Crippen molar-refractivity contribution < 1.29 is 4.74 Å². The molecule has 3 atom stereocenters. The van der Waals surface area contributed by atoms with E-state index in [4.69, 9.17) is 4.74 Å². The monoisotopic (exact) mass is 282 g/mol. The summed E-state index contributed by atoms with van der Waals surface area (Å²) in [7, 11) is 0. The molecule has 19 heavy (non-hydrogen) atoms. The van der Waals surface area contributed by atoms with Crippen LogP contribution in [0.5, 0.6) is 0 Å². The molecule has 0 aromatic heterocycles. The van der Waals surface area contributed by atoms with Gasteiger partial charge < -0.3 is 4.74 Å². The molecule has 1 nitrogen and oxygen atoms in total. The minimum atomic E-state index is 0.552. The molecule has 2 heteroatoms. The van der Waals surface area contributed by atoms with Crippen LogP contribution in [0.4, 0.5) is 0 Å². The second-order valence-electron chi connectivity index (χ2n) is 6.24. The number of hydrogen-bond acceptors (Lipinski definition) is 2. The quantitative estimate of drug-likeness (QED) is 0.318. The third kappa shape index (κ3) is 5.51. The molecule has 2 aliphatic rings. The molecule has 2 rings (SSSR count). The van der Waals surface area contributed by atoms with Crippen LogP contribution in [0.1, 0.15) is 64.2 Å². The lowest BCUT2D eigenvalue weighted by Crippen LogP contribution is -2.18. The van der Waals surface area contributed by atoms with E-state index in [9.17, 15) is 0 Å². The van der Waals surface area contributed by atoms with E-state index in [0.717, 1.165) is 24.2 Å². The average molecular weight is 282 g/mol. The Kier molecular flexibility index (Phi) is 7.37. The van der Waals surface area contributed by atoms with Gasteiger partial charge in [0.15, 0.2) is 0 Å². The van der Waals surface area contributed by atoms with Crippen LogP contribution in [-0.4, -0.2) is 18.5 Å². The summed E-state index contributed by atoms with van der Waals surface area (Å²) >= 11 is 4.24. The van der Waals surface area contributed by atoms with Crippen molar-refractivity contribution in [2.75, 3.05) is 12.4 Å². The van der Waals surface area contributed by atoms with E-state index < -0.39 is 0 Å². The Morgan fingerprint density at radius 2 is 1.53 bits per heavy atom. The minimum Gasteiger partial charge on any atom is -0.378 e. The lowest BCUT2D eigenvalue weighted by atomic mass is 10.0. The Hall–Kier alpha value is 0.0500. The molecule has 2 unspecified atom stereocenters. The zero-order chi connectivity index (χ0) is 13.3. The summed E-state index contributed by atoms with van der Waals surface area (Å²) in [5, 5.41) is 0. The van der Waals surface area contributed by atoms with E-state index in [-0.39, 0.29) is 0 Å². The average Bonchev–Trinajstić information content (AvgIpc) is 3.03. The van der Waals surface area contributed by atoms with Crippen molar-refractivity contribution in [3.05, 3.63) is 12.2 Å². The molecule has 0 radical (unpaired) electrons. The van der Waals surface area contributed by atoms with Gasteiger partial charge in [0.25, 0.3) is 0 Å². The topological polar surface area (TPSA) is 9.23 Å². The summed E-state index contributed by atoms with van der Waals surface area (Å²) in [5.74, 6) is 2.64. The fraction of sp³-hybridized carbons (Fsp3) is 0.882. The number of rotatable bonds is 11. The molecule has 110 valence electrons. The van der Waals surface area contributed by atoms with Crippen molar-refractivity contribution in [2.45, 2.75) is 70.3 Å². The molecule has 2 bridgehead atoms. The van der Waals surface area contributed by atoms with Crippen LogP contribution in [0, 0.1) is 11.8 Å². The zero-order valence-electron chi connectivity index (χ0n) is 12.2. The SMILES string of the molecule is SCCCCCCCCCCO[C@@H]1CC2C=CC1C2.